The normalized spacial score (nSPS) is 17.0. The predicted molar refractivity (Wildman–Crippen MR) is 144 cm³/mol. The number of benzene rings is 3. The van der Waals surface area contributed by atoms with Crippen LogP contribution in [0.5, 0.6) is 0 Å². The van der Waals surface area contributed by atoms with Crippen molar-refractivity contribution in [1.82, 2.24) is 4.90 Å². The average molecular weight is 501 g/mol. The molecule has 1 aliphatic rings. The van der Waals surface area contributed by atoms with E-state index in [9.17, 15) is 14.0 Å². The summed E-state index contributed by atoms with van der Waals surface area (Å²) < 4.78 is 19.1. The average Bonchev–Trinajstić information content (AvgIpc) is 3.63. The zero-order valence-corrected chi connectivity index (χ0v) is 21.5. The van der Waals surface area contributed by atoms with Gasteiger partial charge < -0.3 is 15.4 Å². The molecule has 2 unspecified atom stereocenters. The van der Waals surface area contributed by atoms with Crippen molar-refractivity contribution in [3.8, 4) is 0 Å². The number of anilines is 1. The second-order valence-electron chi connectivity index (χ2n) is 10.5. The molecule has 3 aromatic rings. The number of ether oxygens (including phenoxy) is 1. The van der Waals surface area contributed by atoms with Gasteiger partial charge in [0.2, 0.25) is 0 Å². The Morgan fingerprint density at radius 1 is 1.03 bits per heavy atom. The van der Waals surface area contributed by atoms with Crippen LogP contribution in [0.3, 0.4) is 0 Å². The van der Waals surface area contributed by atoms with Gasteiger partial charge in [-0.3, -0.25) is 4.79 Å². The zero-order chi connectivity index (χ0) is 26.6. The molecule has 3 aromatic carbocycles. The molecule has 37 heavy (non-hydrogen) atoms. The van der Waals surface area contributed by atoms with Gasteiger partial charge in [0.05, 0.1) is 0 Å². The Bertz CT molecular complexity index is 1280. The number of hydrogen-bond donors (Lipinski definition) is 1. The van der Waals surface area contributed by atoms with E-state index >= 15 is 0 Å². The first-order valence-electron chi connectivity index (χ1n) is 12.5. The van der Waals surface area contributed by atoms with Gasteiger partial charge in [0.25, 0.3) is 0 Å². The molecular formula is C31H33FN2O3. The van der Waals surface area contributed by atoms with E-state index in [-0.39, 0.29) is 36.1 Å². The van der Waals surface area contributed by atoms with Crippen molar-refractivity contribution in [2.75, 3.05) is 5.73 Å². The molecule has 1 saturated carbocycles. The molecule has 1 fully saturated rings. The maximum Gasteiger partial charge on any atom is 0.410 e. The van der Waals surface area contributed by atoms with Crippen molar-refractivity contribution in [1.29, 1.82) is 0 Å². The summed E-state index contributed by atoms with van der Waals surface area (Å²) in [5, 5.41) is 0. The monoisotopic (exact) mass is 500 g/mol. The Kier molecular flexibility index (Phi) is 7.77. The van der Waals surface area contributed by atoms with E-state index in [2.05, 4.69) is 0 Å². The highest BCUT2D eigenvalue weighted by atomic mass is 19.1. The van der Waals surface area contributed by atoms with Crippen molar-refractivity contribution in [2.24, 2.45) is 0 Å². The molecule has 0 aromatic heterocycles. The summed E-state index contributed by atoms with van der Waals surface area (Å²) in [5.74, 6) is -0.149. The topological polar surface area (TPSA) is 72.6 Å². The zero-order valence-electron chi connectivity index (χ0n) is 21.5. The molecule has 5 nitrogen and oxygen atoms in total. The molecule has 0 spiro atoms. The SMILES string of the molecule is CC(C)(C)OC(=O)N(Cc1ccc(/C=C/C(=O)Cc2ccccc2N)cc1)C1CC1c1ccc(F)cc1. The second-order valence-corrected chi connectivity index (χ2v) is 10.5. The maximum atomic E-state index is 13.4. The molecule has 0 radical (unpaired) electrons. The fourth-order valence-electron chi connectivity index (χ4n) is 4.29. The lowest BCUT2D eigenvalue weighted by Crippen LogP contribution is -2.38. The highest BCUT2D eigenvalue weighted by Crippen LogP contribution is 2.45. The third-order valence-corrected chi connectivity index (χ3v) is 6.30. The van der Waals surface area contributed by atoms with Gasteiger partial charge in [-0.2, -0.15) is 0 Å². The molecule has 0 saturated heterocycles. The number of carbonyl (C=O) groups is 2. The van der Waals surface area contributed by atoms with Gasteiger partial charge in [-0.1, -0.05) is 60.7 Å². The van der Waals surface area contributed by atoms with Crippen LogP contribution in [0.1, 0.15) is 55.4 Å². The number of nitrogens with two attached hydrogens (primary N) is 1. The van der Waals surface area contributed by atoms with Crippen molar-refractivity contribution in [3.05, 3.63) is 107 Å². The number of hydrogen-bond acceptors (Lipinski definition) is 4. The molecule has 1 amide bonds. The summed E-state index contributed by atoms with van der Waals surface area (Å²) in [6.07, 6.45) is 4.04. The first kappa shape index (κ1) is 26.1. The highest BCUT2D eigenvalue weighted by molar-refractivity contribution is 5.95. The Hall–Kier alpha value is -3.93. The van der Waals surface area contributed by atoms with Gasteiger partial charge in [-0.05, 0) is 73.7 Å². The van der Waals surface area contributed by atoms with E-state index in [0.717, 1.165) is 28.7 Å². The summed E-state index contributed by atoms with van der Waals surface area (Å²) in [6, 6.07) is 21.6. The number of carbonyl (C=O) groups excluding carboxylic acids is 2. The van der Waals surface area contributed by atoms with E-state index in [0.29, 0.717) is 12.2 Å². The maximum absolute atomic E-state index is 13.4. The minimum Gasteiger partial charge on any atom is -0.444 e. The van der Waals surface area contributed by atoms with Crippen LogP contribution >= 0.6 is 0 Å². The number of amides is 1. The van der Waals surface area contributed by atoms with Crippen molar-refractivity contribution in [2.45, 2.75) is 57.7 Å². The molecule has 0 bridgehead atoms. The first-order chi connectivity index (χ1) is 17.6. The number of ketones is 1. The fraction of sp³-hybridized carbons (Fsp3) is 0.290. The molecule has 0 aliphatic heterocycles. The standard InChI is InChI=1S/C31H33FN2O3/c1-31(2,3)37-30(36)34(29-19-27(29)23-13-15-25(32)16-14-23)20-22-10-8-21(9-11-22)12-17-26(35)18-24-6-4-5-7-28(24)33/h4-17,27,29H,18-20,33H2,1-3H3/b17-12+. The van der Waals surface area contributed by atoms with Crippen LogP contribution in [0.2, 0.25) is 0 Å². The Balaban J connectivity index is 1.42. The molecule has 0 heterocycles. The van der Waals surface area contributed by atoms with Gasteiger partial charge in [0, 0.05) is 30.6 Å². The summed E-state index contributed by atoms with van der Waals surface area (Å²) in [5.41, 5.74) is 9.61. The fourth-order valence-corrected chi connectivity index (χ4v) is 4.29. The number of rotatable bonds is 8. The van der Waals surface area contributed by atoms with Crippen LogP contribution in [0.4, 0.5) is 14.9 Å². The quantitative estimate of drug-likeness (QED) is 0.282. The van der Waals surface area contributed by atoms with Crippen molar-refractivity contribution in [3.63, 3.8) is 0 Å². The van der Waals surface area contributed by atoms with Gasteiger partial charge in [-0.15, -0.1) is 0 Å². The summed E-state index contributed by atoms with van der Waals surface area (Å²) >= 11 is 0. The lowest BCUT2D eigenvalue weighted by molar-refractivity contribution is -0.113. The van der Waals surface area contributed by atoms with Gasteiger partial charge >= 0.3 is 6.09 Å². The smallest absolute Gasteiger partial charge is 0.410 e. The van der Waals surface area contributed by atoms with Crippen LogP contribution in [-0.4, -0.2) is 28.4 Å². The molecular weight excluding hydrogens is 467 g/mol. The number of halogens is 1. The lowest BCUT2D eigenvalue weighted by atomic mass is 10.1. The largest absolute Gasteiger partial charge is 0.444 e. The van der Waals surface area contributed by atoms with Gasteiger partial charge in [0.15, 0.2) is 5.78 Å². The molecule has 2 N–H and O–H groups in total. The van der Waals surface area contributed by atoms with Crippen LogP contribution in [0.25, 0.3) is 6.08 Å². The van der Waals surface area contributed by atoms with Crippen molar-refractivity contribution < 1.29 is 18.7 Å². The van der Waals surface area contributed by atoms with E-state index in [1.165, 1.54) is 12.1 Å². The molecule has 192 valence electrons. The number of para-hydroxylation sites is 1. The van der Waals surface area contributed by atoms with Crippen LogP contribution in [0.15, 0.2) is 78.9 Å². The molecule has 6 heteroatoms. The third-order valence-electron chi connectivity index (χ3n) is 6.30. The van der Waals surface area contributed by atoms with Crippen LogP contribution < -0.4 is 5.73 Å². The molecule has 4 rings (SSSR count). The summed E-state index contributed by atoms with van der Waals surface area (Å²) in [7, 11) is 0. The van der Waals surface area contributed by atoms with Crippen molar-refractivity contribution >= 4 is 23.6 Å². The second kappa shape index (κ2) is 11.0. The number of nitrogen functional groups attached to an aromatic ring is 1. The van der Waals surface area contributed by atoms with E-state index in [1.54, 1.807) is 35.3 Å². The van der Waals surface area contributed by atoms with E-state index in [1.807, 2.05) is 63.2 Å². The summed E-state index contributed by atoms with van der Waals surface area (Å²) in [6.45, 7) is 5.94. The first-order valence-corrected chi connectivity index (χ1v) is 12.5. The minimum absolute atomic E-state index is 0.0112. The van der Waals surface area contributed by atoms with Gasteiger partial charge in [-0.25, -0.2) is 9.18 Å². The van der Waals surface area contributed by atoms with Crippen LogP contribution in [-0.2, 0) is 22.5 Å². The number of allylic oxidation sites excluding steroid dienone is 1. The number of nitrogens with zero attached hydrogens (tertiary/aromatic N) is 1. The Labute approximate surface area is 217 Å². The summed E-state index contributed by atoms with van der Waals surface area (Å²) in [4.78, 5) is 27.2. The minimum atomic E-state index is -0.610. The van der Waals surface area contributed by atoms with Gasteiger partial charge in [0.1, 0.15) is 11.4 Å². The molecule has 1 aliphatic carbocycles. The predicted octanol–water partition coefficient (Wildman–Crippen LogP) is 6.53. The third kappa shape index (κ3) is 7.29. The highest BCUT2D eigenvalue weighted by Gasteiger charge is 2.46. The Morgan fingerprint density at radius 3 is 2.35 bits per heavy atom. The van der Waals surface area contributed by atoms with E-state index in [4.69, 9.17) is 10.5 Å². The van der Waals surface area contributed by atoms with E-state index < -0.39 is 5.60 Å². The molecule has 2 atom stereocenters. The lowest BCUT2D eigenvalue weighted by Gasteiger charge is -2.28. The Morgan fingerprint density at radius 2 is 1.70 bits per heavy atom. The van der Waals surface area contributed by atoms with Crippen LogP contribution in [0, 0.1) is 5.82 Å².